The summed E-state index contributed by atoms with van der Waals surface area (Å²) >= 11 is 0. The molecule has 0 unspecified atom stereocenters. The number of anilines is 2. The van der Waals surface area contributed by atoms with Crippen LogP contribution >= 0.6 is 0 Å². The molecular weight excluding hydrogens is 646 g/mol. The molecule has 1 saturated heterocycles. The van der Waals surface area contributed by atoms with E-state index in [1.54, 1.807) is 6.07 Å². The number of carboxylic acids is 2. The van der Waals surface area contributed by atoms with Crippen LogP contribution in [0.4, 0.5) is 11.4 Å². The average Bonchev–Trinajstić information content (AvgIpc) is 3.13. The van der Waals surface area contributed by atoms with Gasteiger partial charge in [0.25, 0.3) is 11.5 Å². The van der Waals surface area contributed by atoms with Crippen molar-refractivity contribution in [2.45, 2.75) is 25.8 Å². The number of aromatic carboxylic acids is 1. The predicted octanol–water partition coefficient (Wildman–Crippen LogP) is 3.28. The molecule has 2 aromatic heterocycles. The van der Waals surface area contributed by atoms with Crippen molar-refractivity contribution in [1.29, 1.82) is 0 Å². The van der Waals surface area contributed by atoms with Crippen LogP contribution in [-0.4, -0.2) is 96.6 Å². The molecule has 4 aromatic rings. The number of hydrogen-bond acceptors (Lipinski definition) is 9. The first-order valence-electron chi connectivity index (χ1n) is 16.3. The number of carboxylic acid groups (broad SMARTS) is 2. The number of carbonyl (C=O) groups is 4. The highest BCUT2D eigenvalue weighted by Gasteiger charge is 2.16. The molecule has 14 heteroatoms. The SMILES string of the molecule is O=CN(CCOCCOCCNC(=O)c1ccccc1C(=O)O)c1ccc(=O)n(CC(=O)O)c1.c1ccc2c(N3CCCCC3)cncc2c1. The van der Waals surface area contributed by atoms with Gasteiger partial charge in [-0.05, 0) is 37.5 Å². The topological polar surface area (TPSA) is 181 Å². The zero-order chi connectivity index (χ0) is 35.7. The molecule has 3 heterocycles. The Morgan fingerprint density at radius 2 is 1.56 bits per heavy atom. The van der Waals surface area contributed by atoms with Gasteiger partial charge in [0.15, 0.2) is 0 Å². The first-order chi connectivity index (χ1) is 24.3. The number of piperidine rings is 1. The summed E-state index contributed by atoms with van der Waals surface area (Å²) in [5.74, 6) is -2.87. The van der Waals surface area contributed by atoms with Crippen molar-refractivity contribution in [3.05, 3.63) is 101 Å². The molecule has 0 atom stereocenters. The quantitative estimate of drug-likeness (QED) is 0.116. The summed E-state index contributed by atoms with van der Waals surface area (Å²) < 4.78 is 11.7. The number of benzene rings is 2. The van der Waals surface area contributed by atoms with Gasteiger partial charge in [0.05, 0.1) is 55.1 Å². The second-order valence-electron chi connectivity index (χ2n) is 11.3. The van der Waals surface area contributed by atoms with Gasteiger partial charge in [-0.1, -0.05) is 36.4 Å². The molecule has 2 amide bonds. The van der Waals surface area contributed by atoms with E-state index in [4.69, 9.17) is 19.7 Å². The summed E-state index contributed by atoms with van der Waals surface area (Å²) in [6, 6.07) is 17.0. The zero-order valence-corrected chi connectivity index (χ0v) is 27.6. The highest BCUT2D eigenvalue weighted by Crippen LogP contribution is 2.27. The van der Waals surface area contributed by atoms with Gasteiger partial charge >= 0.3 is 11.9 Å². The maximum absolute atomic E-state index is 12.1. The number of ether oxygens (including phenoxy) is 2. The molecule has 0 spiro atoms. The Balaban J connectivity index is 0.000000288. The van der Waals surface area contributed by atoms with Gasteiger partial charge < -0.3 is 39.4 Å². The number of aromatic nitrogens is 2. The fourth-order valence-electron chi connectivity index (χ4n) is 5.37. The molecule has 1 fully saturated rings. The number of pyridine rings is 2. The van der Waals surface area contributed by atoms with Gasteiger partial charge in [0.2, 0.25) is 6.41 Å². The molecule has 1 aliphatic heterocycles. The van der Waals surface area contributed by atoms with E-state index in [9.17, 15) is 24.0 Å². The van der Waals surface area contributed by atoms with Gasteiger partial charge in [0.1, 0.15) is 6.54 Å². The van der Waals surface area contributed by atoms with Crippen molar-refractivity contribution in [3.63, 3.8) is 0 Å². The molecule has 0 saturated carbocycles. The number of nitrogens with one attached hydrogen (secondary N) is 1. The van der Waals surface area contributed by atoms with Gasteiger partial charge in [-0.2, -0.15) is 0 Å². The molecule has 3 N–H and O–H groups in total. The summed E-state index contributed by atoms with van der Waals surface area (Å²) in [7, 11) is 0. The zero-order valence-electron chi connectivity index (χ0n) is 27.6. The van der Waals surface area contributed by atoms with Crippen LogP contribution in [0.25, 0.3) is 10.8 Å². The maximum Gasteiger partial charge on any atom is 0.336 e. The highest BCUT2D eigenvalue weighted by molar-refractivity contribution is 6.04. The maximum atomic E-state index is 12.1. The third-order valence-corrected chi connectivity index (χ3v) is 7.86. The van der Waals surface area contributed by atoms with Crippen LogP contribution in [0, 0.1) is 0 Å². The van der Waals surface area contributed by atoms with Crippen LogP contribution in [0.2, 0.25) is 0 Å². The van der Waals surface area contributed by atoms with Crippen molar-refractivity contribution in [1.82, 2.24) is 14.9 Å². The standard InChI is InChI=1S/C22H25N3O9.C14H16N2/c26-15-24(16-5-6-19(27)25(13-16)14-20(28)29)8-10-34-12-11-33-9-7-23-21(30)17-3-1-2-4-18(17)22(31)32;1-4-8-16(9-5-1)14-11-15-10-12-6-2-3-7-13(12)14/h1-6,13,15H,7-12,14H2,(H,23,30)(H,28,29)(H,31,32);2-3,6-7,10-11H,1,4-5,8-9H2. The minimum atomic E-state index is -1.19. The second kappa shape index (κ2) is 19.4. The van der Waals surface area contributed by atoms with Crippen LogP contribution in [0.3, 0.4) is 0 Å². The summed E-state index contributed by atoms with van der Waals surface area (Å²) in [5, 5.41) is 23.1. The van der Waals surface area contributed by atoms with Gasteiger partial charge in [-0.25, -0.2) is 4.79 Å². The minimum Gasteiger partial charge on any atom is -0.480 e. The summed E-state index contributed by atoms with van der Waals surface area (Å²) in [4.78, 5) is 65.2. The van der Waals surface area contributed by atoms with E-state index < -0.39 is 29.9 Å². The number of aliphatic carboxylic acids is 1. The van der Waals surface area contributed by atoms with Crippen molar-refractivity contribution >= 4 is 46.4 Å². The van der Waals surface area contributed by atoms with E-state index in [1.807, 2.05) is 12.4 Å². The molecule has 1 aliphatic rings. The van der Waals surface area contributed by atoms with Gasteiger partial charge in [-0.3, -0.25) is 24.2 Å². The minimum absolute atomic E-state index is 0.0661. The van der Waals surface area contributed by atoms with Crippen LogP contribution in [0.1, 0.15) is 40.0 Å². The van der Waals surface area contributed by atoms with Crippen molar-refractivity contribution in [3.8, 4) is 0 Å². The van der Waals surface area contributed by atoms with Crippen LogP contribution < -0.4 is 20.7 Å². The van der Waals surface area contributed by atoms with E-state index in [-0.39, 0.29) is 50.6 Å². The molecule has 264 valence electrons. The summed E-state index contributed by atoms with van der Waals surface area (Å²) in [6.45, 7) is 3.00. The Hall–Kier alpha value is -5.60. The molecule has 2 aromatic carbocycles. The predicted molar refractivity (Wildman–Crippen MR) is 187 cm³/mol. The van der Waals surface area contributed by atoms with Crippen LogP contribution in [0.15, 0.2) is 84.0 Å². The number of hydrogen-bond donors (Lipinski definition) is 3. The molecule has 0 aliphatic carbocycles. The largest absolute Gasteiger partial charge is 0.480 e. The lowest BCUT2D eigenvalue weighted by Gasteiger charge is -2.29. The third kappa shape index (κ3) is 11.0. The van der Waals surface area contributed by atoms with Crippen molar-refractivity contribution < 1.29 is 38.9 Å². The van der Waals surface area contributed by atoms with Crippen LogP contribution in [-0.2, 0) is 25.6 Å². The van der Waals surface area contributed by atoms with Crippen LogP contribution in [0.5, 0.6) is 0 Å². The first kappa shape index (κ1) is 37.2. The van der Waals surface area contributed by atoms with Gasteiger partial charge in [0, 0.05) is 55.4 Å². The normalized spacial score (nSPS) is 12.4. The Labute approximate surface area is 288 Å². The van der Waals surface area contributed by atoms with E-state index >= 15 is 0 Å². The first-order valence-corrected chi connectivity index (χ1v) is 16.3. The average molecular weight is 688 g/mol. The summed E-state index contributed by atoms with van der Waals surface area (Å²) in [5.41, 5.74) is 1.15. The van der Waals surface area contributed by atoms with E-state index in [1.165, 1.54) is 90.2 Å². The lowest BCUT2D eigenvalue weighted by atomic mass is 10.1. The van der Waals surface area contributed by atoms with Crippen molar-refractivity contribution in [2.24, 2.45) is 0 Å². The fourth-order valence-corrected chi connectivity index (χ4v) is 5.37. The number of fused-ring (bicyclic) bond motifs is 1. The van der Waals surface area contributed by atoms with Gasteiger partial charge in [-0.15, -0.1) is 0 Å². The molecule has 0 bridgehead atoms. The van der Waals surface area contributed by atoms with E-state index in [0.717, 1.165) is 4.57 Å². The number of carbonyl (C=O) groups excluding carboxylic acids is 2. The Bertz CT molecular complexity index is 1800. The highest BCUT2D eigenvalue weighted by atomic mass is 16.5. The molecule has 5 rings (SSSR count). The summed E-state index contributed by atoms with van der Waals surface area (Å²) in [6.07, 6.45) is 9.78. The third-order valence-electron chi connectivity index (χ3n) is 7.86. The molecule has 14 nitrogen and oxygen atoms in total. The molecule has 0 radical (unpaired) electrons. The monoisotopic (exact) mass is 687 g/mol. The lowest BCUT2D eigenvalue weighted by molar-refractivity contribution is -0.137. The van der Waals surface area contributed by atoms with Crippen molar-refractivity contribution in [2.75, 3.05) is 62.4 Å². The molecule has 50 heavy (non-hydrogen) atoms. The number of amides is 2. The smallest absolute Gasteiger partial charge is 0.336 e. The van der Waals surface area contributed by atoms with E-state index in [2.05, 4.69) is 39.5 Å². The Morgan fingerprint density at radius 1 is 0.860 bits per heavy atom. The Morgan fingerprint density at radius 3 is 2.28 bits per heavy atom. The second-order valence-corrected chi connectivity index (χ2v) is 11.3. The number of nitrogens with zero attached hydrogens (tertiary/aromatic N) is 4. The lowest BCUT2D eigenvalue weighted by Crippen LogP contribution is -2.30. The number of rotatable bonds is 16. The fraction of sp³-hybridized carbons (Fsp3) is 0.333. The molecular formula is C36H41N5O9. The van der Waals surface area contributed by atoms with E-state index in [0.29, 0.717) is 12.1 Å². The Kier molecular flexibility index (Phi) is 14.5.